The average molecular weight is 351 g/mol. The maximum Gasteiger partial charge on any atom is 0.313 e. The number of hydrogen-bond donors (Lipinski definition) is 0. The first-order valence-electron chi connectivity index (χ1n) is 9.62. The summed E-state index contributed by atoms with van der Waals surface area (Å²) in [6.07, 6.45) is 0.471. The number of esters is 1. The van der Waals surface area contributed by atoms with Gasteiger partial charge in [-0.25, -0.2) is 0 Å². The Kier molecular flexibility index (Phi) is 4.77. The fourth-order valence-corrected chi connectivity index (χ4v) is 2.20. The summed E-state index contributed by atoms with van der Waals surface area (Å²) in [6.45, 7) is -3.32. The van der Waals surface area contributed by atoms with E-state index in [1.165, 1.54) is 19.2 Å². The normalized spacial score (nSPS) is 15.9. The third-order valence-electron chi connectivity index (χ3n) is 3.51. The van der Waals surface area contributed by atoms with Gasteiger partial charge in [-0.3, -0.25) is 4.79 Å². The molecule has 0 radical (unpaired) electrons. The Bertz CT molecular complexity index is 888. The molecule has 0 bridgehead atoms. The van der Waals surface area contributed by atoms with Crippen LogP contribution in [0, 0.1) is 10.1 Å². The molecule has 0 fully saturated rings. The smallest absolute Gasteiger partial charge is 0.313 e. The molecule has 1 atom stereocenters. The highest BCUT2D eigenvalue weighted by Gasteiger charge is 2.17. The molecule has 0 aliphatic rings. The molecule has 134 valence electrons. The minimum atomic E-state index is -2.97. The summed E-state index contributed by atoms with van der Waals surface area (Å²) in [6, 6.07) is 9.65. The van der Waals surface area contributed by atoms with Crippen LogP contribution < -0.4 is 4.74 Å². The Morgan fingerprint density at radius 1 is 1.24 bits per heavy atom. The van der Waals surface area contributed by atoms with Gasteiger partial charge < -0.3 is 14.3 Å². The summed E-state index contributed by atoms with van der Waals surface area (Å²) in [5.41, 5.74) is -0.0168. The van der Waals surface area contributed by atoms with Gasteiger partial charge in [-0.2, -0.15) is 0 Å². The summed E-state index contributed by atoms with van der Waals surface area (Å²) < 4.78 is 41.9. The molecule has 0 saturated heterocycles. The van der Waals surface area contributed by atoms with Crippen molar-refractivity contribution in [3.8, 4) is 5.75 Å². The van der Waals surface area contributed by atoms with E-state index in [9.17, 15) is 14.9 Å². The van der Waals surface area contributed by atoms with Gasteiger partial charge in [0.05, 0.1) is 26.2 Å². The van der Waals surface area contributed by atoms with Gasteiger partial charge in [0, 0.05) is 5.48 Å². The second kappa shape index (κ2) is 8.86. The molecule has 2 rings (SSSR count). The maximum atomic E-state index is 12.6. The first-order chi connectivity index (χ1) is 13.6. The molecule has 2 aromatic carbocycles. The van der Waals surface area contributed by atoms with E-state index in [0.29, 0.717) is 11.1 Å². The minimum Gasteiger partial charge on any atom is -0.497 e. The molecule has 0 spiro atoms. The van der Waals surface area contributed by atoms with Crippen LogP contribution in [0.1, 0.15) is 36.6 Å². The Balaban J connectivity index is 2.20. The molecular weight excluding hydrogens is 326 g/mol. The predicted octanol–water partition coefficient (Wildman–Crippen LogP) is 3.48. The van der Waals surface area contributed by atoms with Crippen molar-refractivity contribution in [2.75, 3.05) is 20.3 Å². The molecule has 7 heteroatoms. The topological polar surface area (TPSA) is 87.9 Å². The molecule has 0 amide bonds. The zero-order valence-corrected chi connectivity index (χ0v) is 13.7. The van der Waals surface area contributed by atoms with Crippen LogP contribution in [-0.2, 0) is 14.4 Å². The lowest BCUT2D eigenvalue weighted by Gasteiger charge is -2.13. The quantitative estimate of drug-likeness (QED) is 0.297. The third kappa shape index (κ3) is 5.34. The van der Waals surface area contributed by atoms with Crippen molar-refractivity contribution in [3.63, 3.8) is 0 Å². The lowest BCUT2D eigenvalue weighted by Crippen LogP contribution is -2.14. The predicted molar refractivity (Wildman–Crippen MR) is 92.1 cm³/mol. The molecule has 0 unspecified atom stereocenters. The minimum absolute atomic E-state index is 0.0168. The van der Waals surface area contributed by atoms with Gasteiger partial charge in [0.25, 0.3) is 5.09 Å². The van der Waals surface area contributed by atoms with E-state index in [-0.39, 0.29) is 31.6 Å². The van der Waals surface area contributed by atoms with Crippen molar-refractivity contribution in [2.45, 2.75) is 25.6 Å². The Morgan fingerprint density at radius 2 is 1.96 bits per heavy atom. The number of carbonyl (C=O) groups excluding carboxylic acids is 1. The Morgan fingerprint density at radius 3 is 2.68 bits per heavy atom. The van der Waals surface area contributed by atoms with Crippen molar-refractivity contribution in [1.82, 2.24) is 0 Å². The number of carbonyl (C=O) groups is 1. The number of ether oxygens (including phenoxy) is 2. The van der Waals surface area contributed by atoms with Crippen LogP contribution in [0.15, 0.2) is 36.4 Å². The highest BCUT2D eigenvalue weighted by molar-refractivity contribution is 5.86. The third-order valence-corrected chi connectivity index (χ3v) is 3.51. The van der Waals surface area contributed by atoms with Crippen LogP contribution in [0.4, 0.5) is 0 Å². The van der Waals surface area contributed by atoms with Gasteiger partial charge in [-0.1, -0.05) is 24.3 Å². The van der Waals surface area contributed by atoms with Crippen molar-refractivity contribution in [3.05, 3.63) is 52.1 Å². The summed E-state index contributed by atoms with van der Waals surface area (Å²) in [5, 5.41) is 10.6. The van der Waals surface area contributed by atoms with E-state index >= 15 is 0 Å². The van der Waals surface area contributed by atoms with Crippen molar-refractivity contribution >= 4 is 16.7 Å². The summed E-state index contributed by atoms with van der Waals surface area (Å²) in [4.78, 5) is 26.8. The number of unbranched alkanes of at least 4 members (excludes halogenated alkanes) is 1. The highest BCUT2D eigenvalue weighted by Crippen LogP contribution is 2.25. The molecule has 2 aromatic rings. The fraction of sp³-hybridized carbons (Fsp3) is 0.389. The van der Waals surface area contributed by atoms with Gasteiger partial charge in [0.1, 0.15) is 5.75 Å². The van der Waals surface area contributed by atoms with Crippen LogP contribution in [0.5, 0.6) is 5.75 Å². The molecule has 25 heavy (non-hydrogen) atoms. The van der Waals surface area contributed by atoms with Crippen LogP contribution in [-0.4, -0.2) is 31.4 Å². The molecule has 0 aliphatic carbocycles. The summed E-state index contributed by atoms with van der Waals surface area (Å²) in [7, 11) is 1.53. The van der Waals surface area contributed by atoms with E-state index in [1.54, 1.807) is 24.3 Å². The van der Waals surface area contributed by atoms with Gasteiger partial charge in [0.15, 0.2) is 0 Å². The van der Waals surface area contributed by atoms with Gasteiger partial charge in [0.2, 0.25) is 0 Å². The van der Waals surface area contributed by atoms with Gasteiger partial charge >= 0.3 is 5.97 Å². The van der Waals surface area contributed by atoms with Crippen molar-refractivity contribution < 1.29 is 29.7 Å². The fourth-order valence-electron chi connectivity index (χ4n) is 2.20. The van der Waals surface area contributed by atoms with E-state index in [2.05, 4.69) is 4.84 Å². The van der Waals surface area contributed by atoms with Gasteiger partial charge in [-0.15, -0.1) is 10.1 Å². The number of nitrogens with zero attached hydrogens (tertiary/aromatic N) is 1. The summed E-state index contributed by atoms with van der Waals surface area (Å²) in [5.74, 6) is -3.20. The number of hydrogen-bond acceptors (Lipinski definition) is 6. The lowest BCUT2D eigenvalue weighted by atomic mass is 9.98. The highest BCUT2D eigenvalue weighted by atomic mass is 16.9. The Labute approximate surface area is 151 Å². The second-order valence-corrected chi connectivity index (χ2v) is 5.20. The van der Waals surface area contributed by atoms with Crippen molar-refractivity contribution in [1.29, 1.82) is 0 Å². The molecular formula is C18H21NO6. The average Bonchev–Trinajstić information content (AvgIpc) is 2.67. The van der Waals surface area contributed by atoms with Gasteiger partial charge in [-0.05, 0) is 48.2 Å². The maximum absolute atomic E-state index is 12.6. The first kappa shape index (κ1) is 13.5. The standard InChI is InChI=1S/C18H21NO6/c1-13(18(20)24-9-3-4-10-25-19(21)22)14-5-6-16-12-17(23-2)8-7-15(16)11-14/h5-8,11-13H,3-4,9-10H2,1-2H3/t13-/m0/s1/i1D3,13D. The molecule has 0 saturated carbocycles. The second-order valence-electron chi connectivity index (χ2n) is 5.20. The molecule has 0 aromatic heterocycles. The monoisotopic (exact) mass is 351 g/mol. The van der Waals surface area contributed by atoms with E-state index < -0.39 is 23.8 Å². The SMILES string of the molecule is [2H]C([2H])([2H])[C@]([2H])(C(=O)OCCCCO[N+](=O)[O-])c1ccc2cc(OC)ccc2c1. The lowest BCUT2D eigenvalue weighted by molar-refractivity contribution is -0.757. The summed E-state index contributed by atoms with van der Waals surface area (Å²) >= 11 is 0. The first-order valence-corrected chi connectivity index (χ1v) is 7.62. The van der Waals surface area contributed by atoms with Crippen LogP contribution in [0.3, 0.4) is 0 Å². The van der Waals surface area contributed by atoms with E-state index in [1.807, 2.05) is 0 Å². The molecule has 0 aliphatic heterocycles. The number of fused-ring (bicyclic) bond motifs is 1. The van der Waals surface area contributed by atoms with E-state index in [0.717, 1.165) is 5.39 Å². The zero-order valence-electron chi connectivity index (χ0n) is 17.7. The molecule has 0 N–H and O–H groups in total. The number of benzene rings is 2. The molecule has 0 heterocycles. The zero-order chi connectivity index (χ0) is 21.7. The van der Waals surface area contributed by atoms with Crippen LogP contribution in [0.25, 0.3) is 10.8 Å². The van der Waals surface area contributed by atoms with E-state index in [4.69, 9.17) is 15.0 Å². The Hall–Kier alpha value is -2.83. The van der Waals surface area contributed by atoms with Crippen molar-refractivity contribution in [2.24, 2.45) is 0 Å². The molecule has 7 nitrogen and oxygen atoms in total. The van der Waals surface area contributed by atoms with Crippen LogP contribution in [0.2, 0.25) is 0 Å². The largest absolute Gasteiger partial charge is 0.497 e. The van der Waals surface area contributed by atoms with Crippen LogP contribution >= 0.6 is 0 Å². The number of rotatable bonds is 9. The number of methoxy groups -OCH3 is 1.